The standard InChI is InChI=1S/C55H90N20O16/c1-27(2)20-38(49(87)70-37(44(57)82)22-32-24-62-26-65-32)71-48(86)36(12-9-19-64-55(60)61)69-50(88)39(21-31-13-15-33(79)16-14-31)72-47(85)35(10-6-7-17-56)68-51(89)40(23-42(80)81)73-53(91)43(29(4)77)75-45(83)28(3)66-52(90)41(25-76)74-46(84)34(67-30(5)78)11-8-18-63-54(58)59/h13-16,24,26-29,34-41,43,76-77,79H,6-12,17-23,25,56H2,1-5H3,(H2,57,82)(H,62,65)(H,66,90)(H,67,78)(H,68,89)(H,69,88)(H,70,87)(H,71,86)(H,72,85)(H,73,91)(H,74,84)(H,75,83)(H,80,81)(H4,58,59,63)(H4,60,61,64)/t28-,29+,34-,35-,36-,37-,38-,39-,40-,41-,43-/m0/s1. The summed E-state index contributed by atoms with van der Waals surface area (Å²) in [5.41, 5.74) is 33.9. The van der Waals surface area contributed by atoms with E-state index in [1.165, 1.54) is 36.8 Å². The maximum atomic E-state index is 14.6. The van der Waals surface area contributed by atoms with Gasteiger partial charge in [0.25, 0.3) is 0 Å². The second kappa shape index (κ2) is 40.0. The number of nitrogens with zero attached hydrogens (tertiary/aromatic N) is 3. The number of benzene rings is 1. The molecule has 1 aromatic heterocycles. The first-order valence-corrected chi connectivity index (χ1v) is 29.2. The second-order valence-corrected chi connectivity index (χ2v) is 21.8. The molecule has 36 nitrogen and oxygen atoms in total. The number of phenols is 1. The van der Waals surface area contributed by atoms with Gasteiger partial charge in [-0.15, -0.1) is 0 Å². The zero-order chi connectivity index (χ0) is 68.5. The van der Waals surface area contributed by atoms with Gasteiger partial charge in [-0.3, -0.25) is 67.5 Å². The van der Waals surface area contributed by atoms with Crippen molar-refractivity contribution < 1.29 is 78.0 Å². The van der Waals surface area contributed by atoms with E-state index in [2.05, 4.69) is 73.1 Å². The summed E-state index contributed by atoms with van der Waals surface area (Å²) in [6.45, 7) is 6.07. The zero-order valence-corrected chi connectivity index (χ0v) is 51.5. The molecule has 0 bridgehead atoms. The molecule has 0 radical (unpaired) electrons. The third kappa shape index (κ3) is 29.9. The van der Waals surface area contributed by atoms with Crippen LogP contribution in [0.15, 0.2) is 46.8 Å². The number of phenolic OH excluding ortho intramolecular Hbond substituents is 1. The number of aromatic hydroxyl groups is 1. The van der Waals surface area contributed by atoms with Crippen LogP contribution < -0.4 is 87.6 Å². The van der Waals surface area contributed by atoms with Crippen LogP contribution in [-0.2, 0) is 70.4 Å². The van der Waals surface area contributed by atoms with Gasteiger partial charge in [-0.1, -0.05) is 26.0 Å². The van der Waals surface area contributed by atoms with Gasteiger partial charge in [0.1, 0.15) is 66.2 Å². The Bertz CT molecular complexity index is 2810. The van der Waals surface area contributed by atoms with E-state index < -0.39 is 150 Å². The van der Waals surface area contributed by atoms with E-state index in [0.717, 1.165) is 20.8 Å². The number of carboxylic acids is 1. The van der Waals surface area contributed by atoms with Crippen LogP contribution in [0.1, 0.15) is 104 Å². The Labute approximate surface area is 524 Å². The minimum atomic E-state index is -2.03. The van der Waals surface area contributed by atoms with Crippen molar-refractivity contribution in [1.29, 1.82) is 0 Å². The lowest BCUT2D eigenvalue weighted by Crippen LogP contribution is -2.62. The van der Waals surface area contributed by atoms with E-state index in [-0.39, 0.29) is 107 Å². The van der Waals surface area contributed by atoms with Crippen LogP contribution in [0.4, 0.5) is 0 Å². The molecule has 0 unspecified atom stereocenters. The minimum Gasteiger partial charge on any atom is -0.508 e. The molecule has 27 N–H and O–H groups in total. The van der Waals surface area contributed by atoms with Crippen LogP contribution in [0.3, 0.4) is 0 Å². The van der Waals surface area contributed by atoms with Gasteiger partial charge >= 0.3 is 5.97 Å². The van der Waals surface area contributed by atoms with Gasteiger partial charge in [0, 0.05) is 44.7 Å². The minimum absolute atomic E-state index is 0.00876. The third-order valence-corrected chi connectivity index (χ3v) is 13.4. The molecular weight excluding hydrogens is 1200 g/mol. The number of aliphatic hydroxyl groups is 2. The molecule has 11 atom stereocenters. The molecule has 0 aliphatic rings. The molecule has 11 amide bonds. The normalized spacial score (nSPS) is 14.6. The number of aromatic amines is 1. The van der Waals surface area contributed by atoms with Gasteiger partial charge < -0.3 is 113 Å². The lowest BCUT2D eigenvalue weighted by Gasteiger charge is -2.28. The van der Waals surface area contributed by atoms with E-state index >= 15 is 0 Å². The van der Waals surface area contributed by atoms with E-state index in [4.69, 9.17) is 34.4 Å². The summed E-state index contributed by atoms with van der Waals surface area (Å²) in [6, 6.07) is -10.1. The highest BCUT2D eigenvalue weighted by atomic mass is 16.4. The van der Waals surface area contributed by atoms with Crippen molar-refractivity contribution in [3.05, 3.63) is 48.0 Å². The Hall–Kier alpha value is -9.71. The quantitative estimate of drug-likeness (QED) is 0.0167. The Morgan fingerprint density at radius 3 is 1.48 bits per heavy atom. The van der Waals surface area contributed by atoms with Gasteiger partial charge in [0.05, 0.1) is 25.5 Å². The summed E-state index contributed by atoms with van der Waals surface area (Å²) in [5, 5.41) is 64.8. The lowest BCUT2D eigenvalue weighted by atomic mass is 10.0. The van der Waals surface area contributed by atoms with Crippen LogP contribution in [-0.4, -0.2) is 206 Å². The number of nitrogens with two attached hydrogens (primary N) is 6. The second-order valence-electron chi connectivity index (χ2n) is 21.8. The van der Waals surface area contributed by atoms with Crippen LogP contribution in [0.5, 0.6) is 5.75 Å². The summed E-state index contributed by atoms with van der Waals surface area (Å²) >= 11 is 0. The number of hydrogen-bond donors (Lipinski definition) is 21. The first-order chi connectivity index (χ1) is 42.8. The predicted molar refractivity (Wildman–Crippen MR) is 327 cm³/mol. The molecular formula is C55H90N20O16. The number of imidazole rings is 1. The lowest BCUT2D eigenvalue weighted by molar-refractivity contribution is -0.142. The molecule has 0 saturated heterocycles. The van der Waals surface area contributed by atoms with E-state index in [9.17, 15) is 78.0 Å². The maximum absolute atomic E-state index is 14.6. The van der Waals surface area contributed by atoms with Crippen molar-refractivity contribution >= 4 is 82.9 Å². The fraction of sp³-hybridized carbons (Fsp3) is 0.582. The number of aliphatic hydroxyl groups excluding tert-OH is 2. The number of unbranched alkanes of at least 4 members (excludes halogenated alkanes) is 1. The molecule has 0 aliphatic heterocycles. The Kier molecular flexibility index (Phi) is 34.0. The summed E-state index contributed by atoms with van der Waals surface area (Å²) in [7, 11) is 0. The number of aliphatic imine (C=N–C) groups is 2. The molecule has 0 aliphatic carbocycles. The summed E-state index contributed by atoms with van der Waals surface area (Å²) in [6.07, 6.45) is -0.0404. The van der Waals surface area contributed by atoms with Crippen LogP contribution in [0, 0.1) is 5.92 Å². The number of carbonyl (C=O) groups excluding carboxylic acids is 11. The number of carbonyl (C=O) groups is 12. The van der Waals surface area contributed by atoms with Crippen LogP contribution in [0.25, 0.3) is 0 Å². The number of carboxylic acid groups (broad SMARTS) is 1. The average Bonchev–Trinajstić information content (AvgIpc) is 2.57. The third-order valence-electron chi connectivity index (χ3n) is 13.4. The highest BCUT2D eigenvalue weighted by molar-refractivity contribution is 5.99. The molecule has 0 saturated carbocycles. The largest absolute Gasteiger partial charge is 0.508 e. The van der Waals surface area contributed by atoms with E-state index in [1.807, 2.05) is 0 Å². The van der Waals surface area contributed by atoms with E-state index in [0.29, 0.717) is 11.3 Å². The molecule has 506 valence electrons. The van der Waals surface area contributed by atoms with Crippen LogP contribution >= 0.6 is 0 Å². The van der Waals surface area contributed by atoms with Gasteiger partial charge in [-0.2, -0.15) is 0 Å². The van der Waals surface area contributed by atoms with E-state index in [1.54, 1.807) is 13.8 Å². The Morgan fingerprint density at radius 1 is 0.549 bits per heavy atom. The molecule has 2 aromatic rings. The van der Waals surface area contributed by atoms with Crippen molar-refractivity contribution in [2.24, 2.45) is 50.3 Å². The average molecular weight is 1290 g/mol. The summed E-state index contributed by atoms with van der Waals surface area (Å²) in [5.74, 6) is -13.4. The molecule has 91 heavy (non-hydrogen) atoms. The monoisotopic (exact) mass is 1290 g/mol. The van der Waals surface area contributed by atoms with Crippen molar-refractivity contribution in [3.8, 4) is 5.75 Å². The number of nitrogens with one attached hydrogen (secondary N) is 11. The molecule has 2 rings (SSSR count). The van der Waals surface area contributed by atoms with Gasteiger partial charge in [0.15, 0.2) is 11.9 Å². The number of hydrogen-bond acceptors (Lipinski definition) is 19. The SMILES string of the molecule is CC(=O)N[C@@H](CCCN=C(N)N)C(=O)N[C@@H](CO)C(=O)N[C@@H](C)C(=O)N[C@H](C(=O)N[C@@H](CC(=O)O)C(=O)N[C@@H](CCCCN)C(=O)N[C@@H](Cc1ccc(O)cc1)C(=O)N[C@@H](CCCN=C(N)N)C(=O)N[C@@H](CC(C)C)C(=O)N[C@@H](Cc1cnc[nH]1)C(N)=O)[C@@H](C)O. The van der Waals surface area contributed by atoms with Crippen molar-refractivity contribution in [2.75, 3.05) is 26.2 Å². The fourth-order valence-corrected chi connectivity index (χ4v) is 8.71. The smallest absolute Gasteiger partial charge is 0.305 e. The molecule has 0 fully saturated rings. The highest BCUT2D eigenvalue weighted by Crippen LogP contribution is 2.15. The topological polar surface area (TPSA) is 616 Å². The number of primary amides is 1. The first-order valence-electron chi connectivity index (χ1n) is 29.2. The van der Waals surface area contributed by atoms with Crippen molar-refractivity contribution in [2.45, 2.75) is 172 Å². The molecule has 1 aromatic carbocycles. The molecule has 0 spiro atoms. The van der Waals surface area contributed by atoms with Gasteiger partial charge in [-0.05, 0) is 95.4 Å². The van der Waals surface area contributed by atoms with Gasteiger partial charge in [-0.25, -0.2) is 4.98 Å². The number of aromatic nitrogens is 2. The first kappa shape index (κ1) is 77.4. The number of amides is 11. The maximum Gasteiger partial charge on any atom is 0.305 e. The van der Waals surface area contributed by atoms with Crippen LogP contribution in [0.2, 0.25) is 0 Å². The summed E-state index contributed by atoms with van der Waals surface area (Å²) in [4.78, 5) is 176. The number of guanidine groups is 2. The Morgan fingerprint density at radius 2 is 1.01 bits per heavy atom. The summed E-state index contributed by atoms with van der Waals surface area (Å²) < 4.78 is 0. The number of rotatable bonds is 42. The molecule has 36 heteroatoms. The van der Waals surface area contributed by atoms with Gasteiger partial charge in [0.2, 0.25) is 65.0 Å². The fourth-order valence-electron chi connectivity index (χ4n) is 8.71. The zero-order valence-electron chi connectivity index (χ0n) is 51.5. The molecule has 1 heterocycles. The predicted octanol–water partition coefficient (Wildman–Crippen LogP) is -7.60. The number of H-pyrrole nitrogens is 1. The van der Waals surface area contributed by atoms with Crippen molar-refractivity contribution in [3.63, 3.8) is 0 Å². The number of aliphatic carboxylic acids is 1. The van der Waals surface area contributed by atoms with Crippen molar-refractivity contribution in [1.82, 2.24) is 63.1 Å². The highest BCUT2D eigenvalue weighted by Gasteiger charge is 2.37. The Balaban J connectivity index is 2.46.